The molecule has 9 heavy (non-hydrogen) atoms. The summed E-state index contributed by atoms with van der Waals surface area (Å²) in [5, 5.41) is 3.92. The molecule has 1 atom stereocenters. The summed E-state index contributed by atoms with van der Waals surface area (Å²) in [5.41, 5.74) is 2.95. The van der Waals surface area contributed by atoms with Gasteiger partial charge in [0.1, 0.15) is 12.5 Å². The Labute approximate surface area is 55.7 Å². The summed E-state index contributed by atoms with van der Waals surface area (Å²) in [5.74, 6) is 0. The van der Waals surface area contributed by atoms with Crippen LogP contribution in [0.25, 0.3) is 0 Å². The number of nitrogens with zero attached hydrogens (tertiary/aromatic N) is 2. The van der Waals surface area contributed by atoms with Gasteiger partial charge >= 0.3 is 0 Å². The summed E-state index contributed by atoms with van der Waals surface area (Å²) in [4.78, 5) is 2.17. The van der Waals surface area contributed by atoms with E-state index in [1.807, 2.05) is 6.34 Å². The Morgan fingerprint density at radius 3 is 2.56 bits per heavy atom. The molecule has 0 fully saturated rings. The SMILES string of the molecule is CC(C)N1C=NNC1C. The highest BCUT2D eigenvalue weighted by molar-refractivity contribution is 5.57. The van der Waals surface area contributed by atoms with Gasteiger partial charge in [-0.05, 0) is 20.8 Å². The summed E-state index contributed by atoms with van der Waals surface area (Å²) in [6.07, 6.45) is 2.21. The molecule has 3 heteroatoms. The lowest BCUT2D eigenvalue weighted by Crippen LogP contribution is -2.38. The van der Waals surface area contributed by atoms with Crippen molar-refractivity contribution in [2.24, 2.45) is 5.10 Å². The Hall–Kier alpha value is -0.730. The van der Waals surface area contributed by atoms with Crippen molar-refractivity contribution in [3.8, 4) is 0 Å². The molecule has 0 saturated heterocycles. The Morgan fingerprint density at radius 2 is 2.33 bits per heavy atom. The van der Waals surface area contributed by atoms with Crippen LogP contribution >= 0.6 is 0 Å². The third-order valence-electron chi connectivity index (χ3n) is 1.50. The average molecular weight is 127 g/mol. The van der Waals surface area contributed by atoms with Crippen molar-refractivity contribution in [2.75, 3.05) is 0 Å². The molecule has 1 aliphatic rings. The summed E-state index contributed by atoms with van der Waals surface area (Å²) in [6, 6.07) is 0.541. The van der Waals surface area contributed by atoms with Crippen molar-refractivity contribution in [1.29, 1.82) is 0 Å². The van der Waals surface area contributed by atoms with E-state index < -0.39 is 0 Å². The van der Waals surface area contributed by atoms with Crippen LogP contribution in [-0.2, 0) is 0 Å². The molecule has 0 aliphatic carbocycles. The third-order valence-corrected chi connectivity index (χ3v) is 1.50. The smallest absolute Gasteiger partial charge is 0.113 e. The fourth-order valence-corrected chi connectivity index (χ4v) is 0.955. The maximum Gasteiger partial charge on any atom is 0.113 e. The van der Waals surface area contributed by atoms with E-state index in [2.05, 4.69) is 36.2 Å². The minimum atomic E-state index is 0.366. The zero-order valence-electron chi connectivity index (χ0n) is 6.13. The summed E-state index contributed by atoms with van der Waals surface area (Å²) in [7, 11) is 0. The van der Waals surface area contributed by atoms with Gasteiger partial charge in [0.05, 0.1) is 0 Å². The molecule has 1 N–H and O–H groups in total. The molecule has 1 heterocycles. The lowest BCUT2D eigenvalue weighted by Gasteiger charge is -2.23. The van der Waals surface area contributed by atoms with Gasteiger partial charge in [-0.15, -0.1) is 0 Å². The molecule has 0 amide bonds. The Morgan fingerprint density at radius 1 is 1.67 bits per heavy atom. The predicted octanol–water partition coefficient (Wildman–Crippen LogP) is 0.589. The molecule has 0 aromatic carbocycles. The van der Waals surface area contributed by atoms with Gasteiger partial charge in [-0.2, -0.15) is 5.10 Å². The van der Waals surface area contributed by atoms with Crippen molar-refractivity contribution >= 4 is 6.34 Å². The van der Waals surface area contributed by atoms with Crippen LogP contribution in [0.3, 0.4) is 0 Å². The van der Waals surface area contributed by atoms with E-state index in [1.165, 1.54) is 0 Å². The van der Waals surface area contributed by atoms with Crippen LogP contribution in [0, 0.1) is 0 Å². The first-order valence-corrected chi connectivity index (χ1v) is 3.28. The van der Waals surface area contributed by atoms with E-state index in [-0.39, 0.29) is 0 Å². The average Bonchev–Trinajstić information content (AvgIpc) is 2.13. The van der Waals surface area contributed by atoms with E-state index in [4.69, 9.17) is 0 Å². The number of hydrogen-bond donors (Lipinski definition) is 1. The fourth-order valence-electron chi connectivity index (χ4n) is 0.955. The molecule has 3 nitrogen and oxygen atoms in total. The first-order chi connectivity index (χ1) is 4.22. The molecule has 52 valence electrons. The van der Waals surface area contributed by atoms with E-state index in [1.54, 1.807) is 0 Å². The first-order valence-electron chi connectivity index (χ1n) is 3.28. The van der Waals surface area contributed by atoms with Crippen LogP contribution in [0.5, 0.6) is 0 Å². The van der Waals surface area contributed by atoms with Crippen molar-refractivity contribution in [3.63, 3.8) is 0 Å². The molecule has 0 bridgehead atoms. The van der Waals surface area contributed by atoms with Gasteiger partial charge in [0.25, 0.3) is 0 Å². The van der Waals surface area contributed by atoms with Gasteiger partial charge in [-0.1, -0.05) is 0 Å². The maximum absolute atomic E-state index is 3.92. The summed E-state index contributed by atoms with van der Waals surface area (Å²) >= 11 is 0. The van der Waals surface area contributed by atoms with Crippen molar-refractivity contribution < 1.29 is 0 Å². The largest absolute Gasteiger partial charge is 0.337 e. The van der Waals surface area contributed by atoms with Crippen molar-refractivity contribution in [1.82, 2.24) is 10.3 Å². The Bertz CT molecular complexity index is 119. The van der Waals surface area contributed by atoms with Crippen LogP contribution in [0.4, 0.5) is 0 Å². The monoisotopic (exact) mass is 127 g/mol. The van der Waals surface area contributed by atoms with E-state index in [0.717, 1.165) is 0 Å². The number of nitrogens with one attached hydrogen (secondary N) is 1. The molecule has 0 radical (unpaired) electrons. The Balaban J connectivity index is 2.49. The molecule has 0 aromatic heterocycles. The topological polar surface area (TPSA) is 27.6 Å². The van der Waals surface area contributed by atoms with Gasteiger partial charge in [0.2, 0.25) is 0 Å². The number of hydrazone groups is 1. The van der Waals surface area contributed by atoms with Gasteiger partial charge in [-0.25, -0.2) is 0 Å². The van der Waals surface area contributed by atoms with Gasteiger partial charge in [0, 0.05) is 6.04 Å². The van der Waals surface area contributed by atoms with Crippen LogP contribution < -0.4 is 5.43 Å². The van der Waals surface area contributed by atoms with Crippen LogP contribution in [-0.4, -0.2) is 23.4 Å². The van der Waals surface area contributed by atoms with Gasteiger partial charge < -0.3 is 4.90 Å². The maximum atomic E-state index is 3.92. The van der Waals surface area contributed by atoms with Crippen molar-refractivity contribution in [3.05, 3.63) is 0 Å². The molecule has 1 aliphatic heterocycles. The highest BCUT2D eigenvalue weighted by Gasteiger charge is 2.16. The third kappa shape index (κ3) is 1.15. The molecule has 0 aromatic rings. The molecule has 1 rings (SSSR count). The Kier molecular flexibility index (Phi) is 1.60. The minimum absolute atomic E-state index is 0.366. The molecular formula is C6H13N3. The van der Waals surface area contributed by atoms with Crippen molar-refractivity contribution in [2.45, 2.75) is 33.0 Å². The van der Waals surface area contributed by atoms with E-state index in [0.29, 0.717) is 12.2 Å². The standard InChI is InChI=1S/C6H13N3/c1-5(2)9-4-7-8-6(9)3/h4-6,8H,1-3H3. The zero-order valence-corrected chi connectivity index (χ0v) is 6.13. The van der Waals surface area contributed by atoms with E-state index >= 15 is 0 Å². The normalized spacial score (nSPS) is 25.3. The van der Waals surface area contributed by atoms with Gasteiger partial charge in [0.15, 0.2) is 0 Å². The summed E-state index contributed by atoms with van der Waals surface area (Å²) in [6.45, 7) is 6.39. The van der Waals surface area contributed by atoms with Crippen LogP contribution in [0.15, 0.2) is 5.10 Å². The van der Waals surface area contributed by atoms with Crippen LogP contribution in [0.2, 0.25) is 0 Å². The zero-order chi connectivity index (χ0) is 6.85. The fraction of sp³-hybridized carbons (Fsp3) is 0.833. The lowest BCUT2D eigenvalue weighted by molar-refractivity contribution is 0.278. The first kappa shape index (κ1) is 6.39. The highest BCUT2D eigenvalue weighted by Crippen LogP contribution is 2.03. The van der Waals surface area contributed by atoms with Gasteiger partial charge in [-0.3, -0.25) is 5.43 Å². The van der Waals surface area contributed by atoms with E-state index in [9.17, 15) is 0 Å². The lowest BCUT2D eigenvalue weighted by atomic mass is 10.3. The number of hydrogen-bond acceptors (Lipinski definition) is 3. The quantitative estimate of drug-likeness (QED) is 0.558. The molecule has 1 unspecified atom stereocenters. The molecule has 0 spiro atoms. The second-order valence-corrected chi connectivity index (χ2v) is 2.59. The summed E-state index contributed by atoms with van der Waals surface area (Å²) < 4.78 is 0. The molecular weight excluding hydrogens is 114 g/mol. The second kappa shape index (κ2) is 2.25. The predicted molar refractivity (Wildman–Crippen MR) is 38.1 cm³/mol. The van der Waals surface area contributed by atoms with Crippen LogP contribution in [0.1, 0.15) is 20.8 Å². The highest BCUT2D eigenvalue weighted by atomic mass is 15.5. The number of rotatable bonds is 1. The second-order valence-electron chi connectivity index (χ2n) is 2.59. The minimum Gasteiger partial charge on any atom is -0.337 e. The molecule has 0 saturated carbocycles.